The molecule has 1 aliphatic rings. The van der Waals surface area contributed by atoms with Crippen LogP contribution in [0.3, 0.4) is 0 Å². The molecule has 1 aliphatic heterocycles. The van der Waals surface area contributed by atoms with Crippen molar-refractivity contribution in [3.05, 3.63) is 71.8 Å². The molecule has 3 rings (SSSR count). The van der Waals surface area contributed by atoms with E-state index in [-0.39, 0.29) is 24.4 Å². The summed E-state index contributed by atoms with van der Waals surface area (Å²) in [7, 11) is 0. The van der Waals surface area contributed by atoms with Gasteiger partial charge in [-0.2, -0.15) is 0 Å². The van der Waals surface area contributed by atoms with Crippen molar-refractivity contribution < 1.29 is 4.79 Å². The van der Waals surface area contributed by atoms with Gasteiger partial charge in [0, 0.05) is 31.5 Å². The highest BCUT2D eigenvalue weighted by Crippen LogP contribution is 2.28. The van der Waals surface area contributed by atoms with Crippen LogP contribution in [0.5, 0.6) is 0 Å². The molecule has 2 aromatic carbocycles. The van der Waals surface area contributed by atoms with Gasteiger partial charge in [0.15, 0.2) is 0 Å². The summed E-state index contributed by atoms with van der Waals surface area (Å²) in [5.41, 5.74) is 8.51. The first-order chi connectivity index (χ1) is 10.7. The van der Waals surface area contributed by atoms with E-state index < -0.39 is 0 Å². The molecular formula is C19H23ClN2O. The maximum Gasteiger partial charge on any atom is 0.224 e. The van der Waals surface area contributed by atoms with E-state index in [0.29, 0.717) is 12.3 Å². The van der Waals surface area contributed by atoms with Crippen molar-refractivity contribution in [1.29, 1.82) is 0 Å². The zero-order valence-corrected chi connectivity index (χ0v) is 13.9. The topological polar surface area (TPSA) is 46.3 Å². The quantitative estimate of drug-likeness (QED) is 0.932. The average molecular weight is 331 g/mol. The summed E-state index contributed by atoms with van der Waals surface area (Å²) in [6, 6.07) is 20.1. The second-order valence-corrected chi connectivity index (χ2v) is 5.96. The van der Waals surface area contributed by atoms with Gasteiger partial charge in [-0.3, -0.25) is 4.79 Å². The Labute approximate surface area is 143 Å². The van der Waals surface area contributed by atoms with Gasteiger partial charge in [0.2, 0.25) is 5.91 Å². The van der Waals surface area contributed by atoms with Crippen molar-refractivity contribution in [3.63, 3.8) is 0 Å². The molecule has 0 radical (unpaired) electrons. The fraction of sp³-hybridized carbons (Fsp3) is 0.316. The van der Waals surface area contributed by atoms with Gasteiger partial charge >= 0.3 is 0 Å². The van der Waals surface area contributed by atoms with Gasteiger partial charge in [-0.1, -0.05) is 60.7 Å². The van der Waals surface area contributed by atoms with Crippen LogP contribution in [0.15, 0.2) is 60.7 Å². The predicted molar refractivity (Wildman–Crippen MR) is 95.6 cm³/mol. The minimum atomic E-state index is -0.218. The monoisotopic (exact) mass is 330 g/mol. The zero-order chi connectivity index (χ0) is 15.4. The number of rotatable bonds is 4. The summed E-state index contributed by atoms with van der Waals surface area (Å²) >= 11 is 0. The average Bonchev–Trinajstić information content (AvgIpc) is 3.06. The fourth-order valence-electron chi connectivity index (χ4n) is 3.12. The Hall–Kier alpha value is -1.84. The van der Waals surface area contributed by atoms with Gasteiger partial charge in [-0.05, 0) is 17.5 Å². The molecule has 122 valence electrons. The lowest BCUT2D eigenvalue weighted by molar-refractivity contribution is -0.130. The highest BCUT2D eigenvalue weighted by atomic mass is 35.5. The largest absolute Gasteiger partial charge is 0.342 e. The maximum atomic E-state index is 12.5. The minimum absolute atomic E-state index is 0. The normalized spacial score (nSPS) is 18.3. The SMILES string of the molecule is Cl.NC(CC(=O)N1CCC(c2ccccc2)C1)c1ccccc1. The molecule has 23 heavy (non-hydrogen) atoms. The molecule has 1 fully saturated rings. The molecule has 1 saturated heterocycles. The summed E-state index contributed by atoms with van der Waals surface area (Å²) in [5.74, 6) is 0.618. The summed E-state index contributed by atoms with van der Waals surface area (Å²) in [6.07, 6.45) is 1.42. The zero-order valence-electron chi connectivity index (χ0n) is 13.1. The molecule has 1 heterocycles. The van der Waals surface area contributed by atoms with Gasteiger partial charge in [0.1, 0.15) is 0 Å². The number of nitrogens with two attached hydrogens (primary N) is 1. The van der Waals surface area contributed by atoms with Crippen LogP contribution in [0.1, 0.15) is 35.9 Å². The Balaban J connectivity index is 0.00000192. The smallest absolute Gasteiger partial charge is 0.224 e. The van der Waals surface area contributed by atoms with Gasteiger partial charge in [-0.15, -0.1) is 12.4 Å². The molecule has 3 nitrogen and oxygen atoms in total. The molecule has 2 N–H and O–H groups in total. The second-order valence-electron chi connectivity index (χ2n) is 5.96. The number of nitrogens with zero attached hydrogens (tertiary/aromatic N) is 1. The van der Waals surface area contributed by atoms with Crippen LogP contribution in [-0.2, 0) is 4.79 Å². The minimum Gasteiger partial charge on any atom is -0.342 e. The van der Waals surface area contributed by atoms with E-state index in [1.165, 1.54) is 5.56 Å². The van der Waals surface area contributed by atoms with Crippen LogP contribution in [0.2, 0.25) is 0 Å². The van der Waals surface area contributed by atoms with Crippen LogP contribution >= 0.6 is 12.4 Å². The molecule has 2 unspecified atom stereocenters. The Kier molecular flexibility index (Phi) is 6.20. The fourth-order valence-corrected chi connectivity index (χ4v) is 3.12. The van der Waals surface area contributed by atoms with Crippen LogP contribution in [0.4, 0.5) is 0 Å². The first-order valence-corrected chi connectivity index (χ1v) is 7.87. The van der Waals surface area contributed by atoms with Crippen molar-refractivity contribution in [1.82, 2.24) is 4.90 Å². The van der Waals surface area contributed by atoms with Gasteiger partial charge < -0.3 is 10.6 Å². The molecule has 0 saturated carbocycles. The number of halogens is 1. The summed E-state index contributed by atoms with van der Waals surface area (Å²) in [4.78, 5) is 14.4. The lowest BCUT2D eigenvalue weighted by Crippen LogP contribution is -2.31. The number of likely N-dealkylation sites (tertiary alicyclic amines) is 1. The van der Waals surface area contributed by atoms with Crippen molar-refractivity contribution in [2.24, 2.45) is 5.73 Å². The van der Waals surface area contributed by atoms with Gasteiger partial charge in [-0.25, -0.2) is 0 Å². The summed E-state index contributed by atoms with van der Waals surface area (Å²) < 4.78 is 0. The number of benzene rings is 2. The second kappa shape index (κ2) is 8.14. The van der Waals surface area contributed by atoms with Crippen molar-refractivity contribution in [3.8, 4) is 0 Å². The van der Waals surface area contributed by atoms with E-state index in [1.807, 2.05) is 41.3 Å². The predicted octanol–water partition coefficient (Wildman–Crippen LogP) is 3.51. The van der Waals surface area contributed by atoms with Gasteiger partial charge in [0.25, 0.3) is 0 Å². The maximum absolute atomic E-state index is 12.5. The lowest BCUT2D eigenvalue weighted by atomic mass is 9.99. The standard InChI is InChI=1S/C19H22N2O.ClH/c20-18(16-9-5-2-6-10-16)13-19(22)21-12-11-17(14-21)15-7-3-1-4-8-15;/h1-10,17-18H,11-14,20H2;1H. The molecule has 4 heteroatoms. The molecule has 2 aromatic rings. The Morgan fingerprint density at radius 3 is 2.35 bits per heavy atom. The van der Waals surface area contributed by atoms with Crippen molar-refractivity contribution in [2.75, 3.05) is 13.1 Å². The summed E-state index contributed by atoms with van der Waals surface area (Å²) in [5, 5.41) is 0. The molecule has 1 amide bonds. The van der Waals surface area contributed by atoms with Gasteiger partial charge in [0.05, 0.1) is 0 Å². The number of carbonyl (C=O) groups is 1. The Morgan fingerprint density at radius 2 is 1.70 bits per heavy atom. The van der Waals surface area contributed by atoms with E-state index in [0.717, 1.165) is 25.1 Å². The highest BCUT2D eigenvalue weighted by molar-refractivity contribution is 5.85. The van der Waals surface area contributed by atoms with Crippen LogP contribution in [0.25, 0.3) is 0 Å². The third kappa shape index (κ3) is 4.34. The molecule has 0 aliphatic carbocycles. The van der Waals surface area contributed by atoms with Crippen LogP contribution < -0.4 is 5.73 Å². The van der Waals surface area contributed by atoms with Crippen molar-refractivity contribution in [2.45, 2.75) is 24.8 Å². The highest BCUT2D eigenvalue weighted by Gasteiger charge is 2.28. The van der Waals surface area contributed by atoms with Crippen LogP contribution in [-0.4, -0.2) is 23.9 Å². The molecule has 0 spiro atoms. The Bertz CT molecular complexity index is 618. The molecule has 0 aromatic heterocycles. The van der Waals surface area contributed by atoms with E-state index in [1.54, 1.807) is 0 Å². The third-order valence-electron chi connectivity index (χ3n) is 4.43. The first-order valence-electron chi connectivity index (χ1n) is 7.87. The first kappa shape index (κ1) is 17.5. The molecule has 2 atom stereocenters. The number of carbonyl (C=O) groups excluding carboxylic acids is 1. The third-order valence-corrected chi connectivity index (χ3v) is 4.43. The number of hydrogen-bond donors (Lipinski definition) is 1. The van der Waals surface area contributed by atoms with Crippen LogP contribution in [0, 0.1) is 0 Å². The lowest BCUT2D eigenvalue weighted by Gasteiger charge is -2.19. The van der Waals surface area contributed by atoms with E-state index in [9.17, 15) is 4.79 Å². The Morgan fingerprint density at radius 1 is 1.09 bits per heavy atom. The number of hydrogen-bond acceptors (Lipinski definition) is 2. The van der Waals surface area contributed by atoms with E-state index >= 15 is 0 Å². The number of amides is 1. The van der Waals surface area contributed by atoms with E-state index in [4.69, 9.17) is 5.73 Å². The summed E-state index contributed by atoms with van der Waals surface area (Å²) in [6.45, 7) is 1.64. The van der Waals surface area contributed by atoms with E-state index in [2.05, 4.69) is 24.3 Å². The van der Waals surface area contributed by atoms with Crippen molar-refractivity contribution >= 4 is 18.3 Å². The molecular weight excluding hydrogens is 308 g/mol. The molecule has 0 bridgehead atoms.